The van der Waals surface area contributed by atoms with Crippen LogP contribution in [-0.4, -0.2) is 35.3 Å². The molecule has 0 amide bonds. The summed E-state index contributed by atoms with van der Waals surface area (Å²) in [7, 11) is -3.76. The molecule has 9 heteroatoms. The molecule has 21 heavy (non-hydrogen) atoms. The van der Waals surface area contributed by atoms with E-state index in [2.05, 4.69) is 31.7 Å². The number of aliphatic hydroxyl groups is 1. The molecule has 2 N–H and O–H groups in total. The highest BCUT2D eigenvalue weighted by atomic mass is 32.2. The second-order valence-corrected chi connectivity index (χ2v) is 5.69. The Balaban J connectivity index is 2.15. The highest BCUT2D eigenvalue weighted by Crippen LogP contribution is 2.09. The molecule has 0 spiro atoms. The van der Waals surface area contributed by atoms with Gasteiger partial charge in [-0.05, 0) is 6.07 Å². The fraction of sp³-hybridized carbons (Fsp3) is 0.250. The van der Waals surface area contributed by atoms with Crippen molar-refractivity contribution in [2.45, 2.75) is 18.4 Å². The molecular weight excluding hydrogens is 296 g/mol. The third kappa shape index (κ3) is 4.09. The number of aryl methyl sites for hydroxylation is 1. The Morgan fingerprint density at radius 1 is 1.43 bits per heavy atom. The van der Waals surface area contributed by atoms with Gasteiger partial charge in [0, 0.05) is 24.9 Å². The molecule has 0 saturated heterocycles. The number of aliphatic hydroxyl groups excluding tert-OH is 1. The third-order valence-electron chi connectivity index (χ3n) is 2.33. The number of rotatable bonds is 4. The standard InChI is InChI=1S/C12H12N4O4S/c1-9-15-12(16-20-9)8-14-21(18,19)11-5-10(3-2-4-17)6-13-7-11/h5-7,14,17H,4,8H2,1H3. The van der Waals surface area contributed by atoms with Gasteiger partial charge in [0.15, 0.2) is 5.82 Å². The summed E-state index contributed by atoms with van der Waals surface area (Å²) in [4.78, 5) is 7.67. The van der Waals surface area contributed by atoms with E-state index >= 15 is 0 Å². The van der Waals surface area contributed by atoms with Crippen molar-refractivity contribution in [1.82, 2.24) is 19.8 Å². The summed E-state index contributed by atoms with van der Waals surface area (Å²) < 4.78 is 31.3. The first-order valence-electron chi connectivity index (χ1n) is 5.85. The van der Waals surface area contributed by atoms with Crippen molar-refractivity contribution in [2.75, 3.05) is 6.61 Å². The second-order valence-electron chi connectivity index (χ2n) is 3.92. The monoisotopic (exact) mass is 308 g/mol. The van der Waals surface area contributed by atoms with Crippen LogP contribution < -0.4 is 4.72 Å². The Morgan fingerprint density at radius 3 is 2.90 bits per heavy atom. The van der Waals surface area contributed by atoms with Gasteiger partial charge in [0.25, 0.3) is 0 Å². The molecule has 8 nitrogen and oxygen atoms in total. The molecule has 0 bridgehead atoms. The molecule has 0 atom stereocenters. The van der Waals surface area contributed by atoms with E-state index in [9.17, 15) is 8.42 Å². The van der Waals surface area contributed by atoms with Crippen molar-refractivity contribution in [2.24, 2.45) is 0 Å². The maximum absolute atomic E-state index is 12.1. The van der Waals surface area contributed by atoms with Gasteiger partial charge in [0.2, 0.25) is 15.9 Å². The number of pyridine rings is 1. The Hall–Kier alpha value is -2.28. The van der Waals surface area contributed by atoms with Crippen LogP contribution in [0.5, 0.6) is 0 Å². The summed E-state index contributed by atoms with van der Waals surface area (Å²) in [6, 6.07) is 1.36. The zero-order valence-corrected chi connectivity index (χ0v) is 11.9. The first-order chi connectivity index (χ1) is 10.0. The van der Waals surface area contributed by atoms with Gasteiger partial charge in [-0.3, -0.25) is 4.98 Å². The minimum atomic E-state index is -3.76. The summed E-state index contributed by atoms with van der Waals surface area (Å²) in [5.74, 6) is 5.60. The molecule has 0 aromatic carbocycles. The largest absolute Gasteiger partial charge is 0.384 e. The first kappa shape index (κ1) is 15.1. The van der Waals surface area contributed by atoms with E-state index < -0.39 is 10.0 Å². The molecular formula is C12H12N4O4S. The Labute approximate surface area is 121 Å². The van der Waals surface area contributed by atoms with Crippen LogP contribution in [0, 0.1) is 18.8 Å². The number of nitrogens with one attached hydrogen (secondary N) is 1. The fourth-order valence-electron chi connectivity index (χ4n) is 1.43. The lowest BCUT2D eigenvalue weighted by Gasteiger charge is -2.04. The van der Waals surface area contributed by atoms with Crippen LogP contribution in [0.3, 0.4) is 0 Å². The molecule has 0 unspecified atom stereocenters. The Kier molecular flexibility index (Phi) is 4.64. The first-order valence-corrected chi connectivity index (χ1v) is 7.33. The van der Waals surface area contributed by atoms with E-state index in [4.69, 9.17) is 9.63 Å². The Bertz CT molecular complexity index is 789. The van der Waals surface area contributed by atoms with Crippen LogP contribution in [0.15, 0.2) is 27.9 Å². The van der Waals surface area contributed by atoms with Crippen LogP contribution in [0.25, 0.3) is 0 Å². The SMILES string of the molecule is Cc1nc(CNS(=O)(=O)c2cncc(C#CCO)c2)no1. The van der Waals surface area contributed by atoms with E-state index in [1.54, 1.807) is 6.92 Å². The number of sulfonamides is 1. The lowest BCUT2D eigenvalue weighted by Crippen LogP contribution is -2.24. The summed E-state index contributed by atoms with van der Waals surface area (Å²) >= 11 is 0. The van der Waals surface area contributed by atoms with Crippen LogP contribution in [0.2, 0.25) is 0 Å². The van der Waals surface area contributed by atoms with Crippen LogP contribution in [-0.2, 0) is 16.6 Å². The van der Waals surface area contributed by atoms with E-state index in [-0.39, 0.29) is 23.9 Å². The molecule has 2 aromatic rings. The predicted octanol–water partition coefficient (Wildman–Crippen LogP) is -0.405. The van der Waals surface area contributed by atoms with E-state index in [1.807, 2.05) is 0 Å². The third-order valence-corrected chi connectivity index (χ3v) is 3.69. The van der Waals surface area contributed by atoms with Gasteiger partial charge in [0.1, 0.15) is 11.5 Å². The summed E-state index contributed by atoms with van der Waals surface area (Å²) in [6.45, 7) is 1.21. The van der Waals surface area contributed by atoms with E-state index in [1.165, 1.54) is 18.5 Å². The summed E-state index contributed by atoms with van der Waals surface area (Å²) in [5, 5.41) is 12.2. The average molecular weight is 308 g/mol. The highest BCUT2D eigenvalue weighted by molar-refractivity contribution is 7.89. The van der Waals surface area contributed by atoms with Gasteiger partial charge in [-0.15, -0.1) is 0 Å². The van der Waals surface area contributed by atoms with Crippen LogP contribution >= 0.6 is 0 Å². The van der Waals surface area contributed by atoms with Crippen LogP contribution in [0.4, 0.5) is 0 Å². The van der Waals surface area contributed by atoms with Crippen molar-refractivity contribution in [3.05, 3.63) is 35.7 Å². The van der Waals surface area contributed by atoms with Gasteiger partial charge < -0.3 is 9.63 Å². The minimum absolute atomic E-state index is 0.0348. The van der Waals surface area contributed by atoms with Gasteiger partial charge in [-0.25, -0.2) is 13.1 Å². The van der Waals surface area contributed by atoms with Gasteiger partial charge >= 0.3 is 0 Å². The normalized spacial score (nSPS) is 11.0. The number of nitrogens with zero attached hydrogens (tertiary/aromatic N) is 3. The van der Waals surface area contributed by atoms with E-state index in [0.717, 1.165) is 0 Å². The zero-order chi connectivity index (χ0) is 15.3. The fourth-order valence-corrected chi connectivity index (χ4v) is 2.40. The Morgan fingerprint density at radius 2 is 2.24 bits per heavy atom. The molecule has 0 fully saturated rings. The van der Waals surface area contributed by atoms with Crippen molar-refractivity contribution in [3.8, 4) is 11.8 Å². The molecule has 0 aliphatic heterocycles. The van der Waals surface area contributed by atoms with Crippen molar-refractivity contribution in [1.29, 1.82) is 0 Å². The summed E-state index contributed by atoms with van der Waals surface area (Å²) in [6.07, 6.45) is 2.61. The minimum Gasteiger partial charge on any atom is -0.384 e. The van der Waals surface area contributed by atoms with Crippen LogP contribution in [0.1, 0.15) is 17.3 Å². The summed E-state index contributed by atoms with van der Waals surface area (Å²) in [5.41, 5.74) is 0.391. The molecule has 2 aromatic heterocycles. The highest BCUT2D eigenvalue weighted by Gasteiger charge is 2.16. The maximum atomic E-state index is 12.1. The van der Waals surface area contributed by atoms with Gasteiger partial charge in [-0.2, -0.15) is 4.98 Å². The quantitative estimate of drug-likeness (QED) is 0.737. The van der Waals surface area contributed by atoms with E-state index in [0.29, 0.717) is 11.5 Å². The molecule has 0 aliphatic rings. The van der Waals surface area contributed by atoms with Crippen molar-refractivity contribution >= 4 is 10.0 Å². The smallest absolute Gasteiger partial charge is 0.242 e. The topological polar surface area (TPSA) is 118 Å². The molecule has 0 aliphatic carbocycles. The molecule has 2 rings (SSSR count). The van der Waals surface area contributed by atoms with Crippen molar-refractivity contribution in [3.63, 3.8) is 0 Å². The van der Waals surface area contributed by atoms with Gasteiger partial charge in [-0.1, -0.05) is 17.0 Å². The molecule has 2 heterocycles. The predicted molar refractivity (Wildman–Crippen MR) is 71.3 cm³/mol. The molecule has 110 valence electrons. The number of hydrogen-bond donors (Lipinski definition) is 2. The zero-order valence-electron chi connectivity index (χ0n) is 11.1. The average Bonchev–Trinajstić information content (AvgIpc) is 2.89. The maximum Gasteiger partial charge on any atom is 0.242 e. The lowest BCUT2D eigenvalue weighted by molar-refractivity contribution is 0.350. The number of aromatic nitrogens is 3. The molecule has 0 radical (unpaired) electrons. The number of hydrogen-bond acceptors (Lipinski definition) is 7. The lowest BCUT2D eigenvalue weighted by atomic mass is 10.3. The second kappa shape index (κ2) is 6.45. The van der Waals surface area contributed by atoms with Crippen molar-refractivity contribution < 1.29 is 18.0 Å². The van der Waals surface area contributed by atoms with Gasteiger partial charge in [0.05, 0.1) is 6.54 Å². The molecule has 0 saturated carbocycles.